The normalized spacial score (nSPS) is 16.1. The van der Waals surface area contributed by atoms with Gasteiger partial charge in [-0.15, -0.1) is 0 Å². The third-order valence-corrected chi connectivity index (χ3v) is 4.82. The Morgan fingerprint density at radius 1 is 1.19 bits per heavy atom. The molecule has 0 atom stereocenters. The molecule has 1 amide bonds. The number of rotatable bonds is 5. The van der Waals surface area contributed by atoms with Crippen LogP contribution in [0.4, 0.5) is 26.1 Å². The Labute approximate surface area is 161 Å². The van der Waals surface area contributed by atoms with E-state index in [0.29, 0.717) is 17.2 Å². The molecule has 0 unspecified atom stereocenters. The van der Waals surface area contributed by atoms with E-state index in [4.69, 9.17) is 0 Å². The van der Waals surface area contributed by atoms with E-state index < -0.39 is 5.92 Å². The molecule has 1 fully saturated rings. The smallest absolute Gasteiger partial charge is 0.256 e. The van der Waals surface area contributed by atoms with E-state index in [2.05, 4.69) is 15.0 Å². The van der Waals surface area contributed by atoms with Gasteiger partial charge in [-0.05, 0) is 48.9 Å². The Balaban J connectivity index is 1.71. The molecular formula is C19H22F2N4OS. The van der Waals surface area contributed by atoms with Gasteiger partial charge in [0.1, 0.15) is 11.6 Å². The highest BCUT2D eigenvalue weighted by Gasteiger charge is 2.34. The van der Waals surface area contributed by atoms with Crippen molar-refractivity contribution in [1.29, 1.82) is 0 Å². The fourth-order valence-electron chi connectivity index (χ4n) is 2.93. The molecular weight excluding hydrogens is 370 g/mol. The second-order valence-corrected chi connectivity index (χ2v) is 7.18. The van der Waals surface area contributed by atoms with Crippen LogP contribution in [-0.4, -0.2) is 36.2 Å². The Kier molecular flexibility index (Phi) is 5.84. The number of aryl methyl sites for hydroxylation is 1. The minimum absolute atomic E-state index is 0.180. The molecule has 0 saturated carbocycles. The summed E-state index contributed by atoms with van der Waals surface area (Å²) in [5.41, 5.74) is 2.34. The first kappa shape index (κ1) is 19.4. The van der Waals surface area contributed by atoms with Crippen LogP contribution >= 0.6 is 11.9 Å². The second kappa shape index (κ2) is 8.12. The van der Waals surface area contributed by atoms with Crippen molar-refractivity contribution in [3.63, 3.8) is 0 Å². The Bertz CT molecular complexity index is 804. The summed E-state index contributed by atoms with van der Waals surface area (Å²) in [5, 5.41) is 2.80. The molecule has 1 saturated heterocycles. The van der Waals surface area contributed by atoms with Crippen molar-refractivity contribution in [2.45, 2.75) is 25.7 Å². The maximum atomic E-state index is 13.4. The van der Waals surface area contributed by atoms with Gasteiger partial charge in [0.2, 0.25) is 0 Å². The van der Waals surface area contributed by atoms with Crippen molar-refractivity contribution in [2.24, 2.45) is 0 Å². The van der Waals surface area contributed by atoms with Crippen molar-refractivity contribution in [2.75, 3.05) is 34.3 Å². The fourth-order valence-corrected chi connectivity index (χ4v) is 3.31. The zero-order valence-electron chi connectivity index (χ0n) is 15.3. The predicted molar refractivity (Wildman–Crippen MR) is 107 cm³/mol. The van der Waals surface area contributed by atoms with Crippen LogP contribution in [-0.2, 0) is 0 Å². The molecule has 8 heteroatoms. The van der Waals surface area contributed by atoms with Crippen molar-refractivity contribution in [1.82, 2.24) is 4.98 Å². The average molecular weight is 392 g/mol. The number of hydrogen-bond donors (Lipinski definition) is 2. The number of halogens is 2. The minimum atomic E-state index is -2.60. The van der Waals surface area contributed by atoms with Gasteiger partial charge in [-0.1, -0.05) is 11.9 Å². The SMILES string of the molecule is CSNc1ccc(C(=O)Nc2cc(C)cc(N3CCC(F)(F)CC3)n2)cc1. The van der Waals surface area contributed by atoms with Gasteiger partial charge in [0.05, 0.1) is 0 Å². The summed E-state index contributed by atoms with van der Waals surface area (Å²) in [5.74, 6) is -1.84. The highest BCUT2D eigenvalue weighted by molar-refractivity contribution is 7.99. The molecule has 1 aromatic carbocycles. The summed E-state index contributed by atoms with van der Waals surface area (Å²) in [6.45, 7) is 2.39. The van der Waals surface area contributed by atoms with Crippen molar-refractivity contribution < 1.29 is 13.6 Å². The van der Waals surface area contributed by atoms with E-state index in [0.717, 1.165) is 11.3 Å². The predicted octanol–water partition coefficient (Wildman–Crippen LogP) is 4.57. The van der Waals surface area contributed by atoms with Crippen LogP contribution in [0, 0.1) is 6.92 Å². The number of alkyl halides is 2. The molecule has 144 valence electrons. The number of carbonyl (C=O) groups excluding carboxylic acids is 1. The number of aromatic nitrogens is 1. The Hall–Kier alpha value is -2.35. The molecule has 1 aromatic heterocycles. The van der Waals surface area contributed by atoms with Crippen molar-refractivity contribution in [3.05, 3.63) is 47.5 Å². The van der Waals surface area contributed by atoms with Gasteiger partial charge in [-0.3, -0.25) is 4.79 Å². The first-order chi connectivity index (χ1) is 12.9. The summed E-state index contributed by atoms with van der Waals surface area (Å²) in [7, 11) is 0. The van der Waals surface area contributed by atoms with Crippen molar-refractivity contribution >= 4 is 35.2 Å². The van der Waals surface area contributed by atoms with Gasteiger partial charge in [0.25, 0.3) is 11.8 Å². The van der Waals surface area contributed by atoms with E-state index in [1.54, 1.807) is 18.2 Å². The Morgan fingerprint density at radius 2 is 1.85 bits per heavy atom. The van der Waals surface area contributed by atoms with Gasteiger partial charge >= 0.3 is 0 Å². The lowest BCUT2D eigenvalue weighted by atomic mass is 10.1. The van der Waals surface area contributed by atoms with Gasteiger partial charge in [0, 0.05) is 43.4 Å². The fraction of sp³-hybridized carbons (Fsp3) is 0.368. The number of benzene rings is 1. The molecule has 1 aliphatic rings. The molecule has 2 heterocycles. The number of nitrogens with zero attached hydrogens (tertiary/aromatic N) is 2. The molecule has 1 aliphatic heterocycles. The molecule has 0 spiro atoms. The van der Waals surface area contributed by atoms with Crippen molar-refractivity contribution in [3.8, 4) is 0 Å². The number of amides is 1. The number of carbonyl (C=O) groups is 1. The van der Waals surface area contributed by atoms with E-state index in [9.17, 15) is 13.6 Å². The lowest BCUT2D eigenvalue weighted by Crippen LogP contribution is -2.39. The number of nitrogens with one attached hydrogen (secondary N) is 2. The second-order valence-electron chi connectivity index (χ2n) is 6.57. The van der Waals surface area contributed by atoms with E-state index in [-0.39, 0.29) is 31.8 Å². The van der Waals surface area contributed by atoms with E-state index >= 15 is 0 Å². The number of pyridine rings is 1. The van der Waals surface area contributed by atoms with Gasteiger partial charge in [0.15, 0.2) is 0 Å². The zero-order chi connectivity index (χ0) is 19.4. The van der Waals surface area contributed by atoms with E-state index in [1.807, 2.05) is 36.3 Å². The molecule has 27 heavy (non-hydrogen) atoms. The highest BCUT2D eigenvalue weighted by Crippen LogP contribution is 2.30. The first-order valence-corrected chi connectivity index (χ1v) is 9.91. The number of anilines is 3. The third-order valence-electron chi connectivity index (χ3n) is 4.38. The standard InChI is InChI=1S/C19H22F2N4OS/c1-13-11-16(22-17(12-13)25-9-7-19(20,21)8-10-25)23-18(26)14-3-5-15(6-4-14)24-27-2/h3-6,11-12,24H,7-10H2,1-2H3,(H,22,23,26). The first-order valence-electron chi connectivity index (χ1n) is 8.68. The maximum absolute atomic E-state index is 13.4. The van der Waals surface area contributed by atoms with Gasteiger partial charge in [-0.2, -0.15) is 0 Å². The molecule has 0 bridgehead atoms. The topological polar surface area (TPSA) is 57.3 Å². The molecule has 0 aliphatic carbocycles. The molecule has 0 radical (unpaired) electrons. The average Bonchev–Trinajstić information content (AvgIpc) is 2.62. The molecule has 2 aromatic rings. The van der Waals surface area contributed by atoms with E-state index in [1.165, 1.54) is 11.9 Å². The van der Waals surface area contributed by atoms with Crippen LogP contribution < -0.4 is 14.9 Å². The van der Waals surface area contributed by atoms with Crippen LogP contribution in [0.3, 0.4) is 0 Å². The molecule has 3 rings (SSSR count). The van der Waals surface area contributed by atoms with Gasteiger partial charge < -0.3 is 14.9 Å². The Morgan fingerprint density at radius 3 is 2.48 bits per heavy atom. The quantitative estimate of drug-likeness (QED) is 0.730. The van der Waals surface area contributed by atoms with Crippen LogP contribution in [0.2, 0.25) is 0 Å². The van der Waals surface area contributed by atoms with Gasteiger partial charge in [-0.25, -0.2) is 13.8 Å². The summed E-state index contributed by atoms with van der Waals surface area (Å²) in [4.78, 5) is 18.8. The summed E-state index contributed by atoms with van der Waals surface area (Å²) in [6, 6.07) is 10.7. The van der Waals surface area contributed by atoms with Crippen LogP contribution in [0.25, 0.3) is 0 Å². The number of piperidine rings is 1. The minimum Gasteiger partial charge on any atom is -0.356 e. The monoisotopic (exact) mass is 392 g/mol. The lowest BCUT2D eigenvalue weighted by Gasteiger charge is -2.32. The van der Waals surface area contributed by atoms with Crippen LogP contribution in [0.15, 0.2) is 36.4 Å². The van der Waals surface area contributed by atoms with Crippen LogP contribution in [0.1, 0.15) is 28.8 Å². The number of hydrogen-bond acceptors (Lipinski definition) is 5. The maximum Gasteiger partial charge on any atom is 0.256 e. The lowest BCUT2D eigenvalue weighted by molar-refractivity contribution is -0.0221. The summed E-state index contributed by atoms with van der Waals surface area (Å²) < 4.78 is 29.9. The van der Waals surface area contributed by atoms with Crippen LogP contribution in [0.5, 0.6) is 0 Å². The highest BCUT2D eigenvalue weighted by atomic mass is 32.2. The summed E-state index contributed by atoms with van der Waals surface area (Å²) in [6.07, 6.45) is 1.56. The third kappa shape index (κ3) is 5.09. The zero-order valence-corrected chi connectivity index (χ0v) is 16.1. The molecule has 5 nitrogen and oxygen atoms in total. The summed E-state index contributed by atoms with van der Waals surface area (Å²) >= 11 is 1.48. The largest absolute Gasteiger partial charge is 0.356 e. The molecule has 2 N–H and O–H groups in total.